The molecule has 3 rings (SSSR count). The molecule has 0 saturated heterocycles. The van der Waals surface area contributed by atoms with Gasteiger partial charge >= 0.3 is 11.9 Å². The van der Waals surface area contributed by atoms with Crippen LogP contribution in [0.2, 0.25) is 0 Å². The van der Waals surface area contributed by atoms with Gasteiger partial charge in [-0.15, -0.1) is 0 Å². The number of ether oxygens (including phenoxy) is 5. The highest BCUT2D eigenvalue weighted by molar-refractivity contribution is 5.96. The van der Waals surface area contributed by atoms with Gasteiger partial charge < -0.3 is 23.7 Å². The molecule has 0 atom stereocenters. The van der Waals surface area contributed by atoms with Crippen LogP contribution in [0.15, 0.2) is 30.3 Å². The molecule has 0 aliphatic carbocycles. The fourth-order valence-corrected chi connectivity index (χ4v) is 3.28. The zero-order valence-electron chi connectivity index (χ0n) is 17.9. The maximum Gasteiger partial charge on any atom is 0.349 e. The van der Waals surface area contributed by atoms with Gasteiger partial charge in [-0.3, -0.25) is 0 Å². The highest BCUT2D eigenvalue weighted by Crippen LogP contribution is 2.47. The molecule has 0 saturated carbocycles. The van der Waals surface area contributed by atoms with Crippen LogP contribution in [0, 0.1) is 0 Å². The fraction of sp³-hybridized carbons (Fsp3) is 0.391. The Morgan fingerprint density at radius 3 is 2.43 bits per heavy atom. The second-order valence-electron chi connectivity index (χ2n) is 7.33. The molecule has 1 heterocycles. The average Bonchev–Trinajstić information content (AvgIpc) is 3.12. The third kappa shape index (κ3) is 3.92. The zero-order chi connectivity index (χ0) is 21.9. The molecule has 160 valence electrons. The second kappa shape index (κ2) is 8.65. The smallest absolute Gasteiger partial charge is 0.349 e. The number of rotatable bonds is 8. The van der Waals surface area contributed by atoms with Gasteiger partial charge in [0.1, 0.15) is 6.61 Å². The van der Waals surface area contributed by atoms with Crippen LogP contribution in [0.1, 0.15) is 43.1 Å². The average molecular weight is 414 g/mol. The predicted octanol–water partition coefficient (Wildman–Crippen LogP) is 4.15. The van der Waals surface area contributed by atoms with E-state index in [1.165, 1.54) is 14.2 Å². The van der Waals surface area contributed by atoms with E-state index in [4.69, 9.17) is 23.7 Å². The maximum absolute atomic E-state index is 12.6. The Morgan fingerprint density at radius 2 is 1.77 bits per heavy atom. The number of methoxy groups -OCH3 is 2. The molecule has 0 radical (unpaired) electrons. The van der Waals surface area contributed by atoms with Gasteiger partial charge in [-0.2, -0.15) is 0 Å². The fourth-order valence-electron chi connectivity index (χ4n) is 3.28. The minimum atomic E-state index is -1.28. The number of carbonyl (C=O) groups excluding carboxylic acids is 2. The van der Waals surface area contributed by atoms with E-state index in [2.05, 4.69) is 0 Å². The first kappa shape index (κ1) is 21.5. The van der Waals surface area contributed by atoms with Gasteiger partial charge in [-0.25, -0.2) is 9.59 Å². The third-order valence-electron chi connectivity index (χ3n) is 4.82. The normalized spacial score (nSPS) is 12.8. The van der Waals surface area contributed by atoms with Crippen molar-refractivity contribution in [3.63, 3.8) is 0 Å². The minimum Gasteiger partial charge on any atom is -0.493 e. The largest absolute Gasteiger partial charge is 0.493 e. The summed E-state index contributed by atoms with van der Waals surface area (Å²) >= 11 is 0. The minimum absolute atomic E-state index is 0.167. The molecule has 0 amide bonds. The van der Waals surface area contributed by atoms with Gasteiger partial charge in [0.25, 0.3) is 0 Å². The lowest BCUT2D eigenvalue weighted by Gasteiger charge is -2.27. The Labute approximate surface area is 175 Å². The highest BCUT2D eigenvalue weighted by atomic mass is 16.6. The molecule has 1 aliphatic rings. The molecule has 0 bridgehead atoms. The first-order valence-electron chi connectivity index (χ1n) is 9.74. The number of esters is 2. The van der Waals surface area contributed by atoms with Gasteiger partial charge in [-0.05, 0) is 44.0 Å². The lowest BCUT2D eigenvalue weighted by atomic mass is 9.95. The molecule has 7 heteroatoms. The van der Waals surface area contributed by atoms with Crippen molar-refractivity contribution >= 4 is 11.9 Å². The number of carbonyl (C=O) groups is 2. The molecule has 0 fully saturated rings. The molecule has 0 spiro atoms. The van der Waals surface area contributed by atoms with Crippen LogP contribution in [0.5, 0.6) is 17.2 Å². The molecule has 2 aromatic rings. The van der Waals surface area contributed by atoms with Gasteiger partial charge in [0.05, 0.1) is 26.4 Å². The number of hydrogen-bond acceptors (Lipinski definition) is 7. The zero-order valence-corrected chi connectivity index (χ0v) is 17.9. The molecule has 0 N–H and O–H groups in total. The molecular weight excluding hydrogens is 388 g/mol. The van der Waals surface area contributed by atoms with Gasteiger partial charge in [0.15, 0.2) is 17.1 Å². The summed E-state index contributed by atoms with van der Waals surface area (Å²) in [6, 6.07) is 8.93. The SMILES string of the molecule is CCCOC(=O)C(C)(C)Oc1c(-c2cccc3c2COC3=O)ccc(OC)c1OC. The number of cyclic esters (lactones) is 1. The van der Waals surface area contributed by atoms with Crippen molar-refractivity contribution in [1.82, 2.24) is 0 Å². The number of fused-ring (bicyclic) bond motifs is 1. The van der Waals surface area contributed by atoms with Crippen molar-refractivity contribution in [3.8, 4) is 28.4 Å². The summed E-state index contributed by atoms with van der Waals surface area (Å²) in [5.41, 5.74) is 1.39. The Bertz CT molecular complexity index is 962. The summed E-state index contributed by atoms with van der Waals surface area (Å²) in [6.07, 6.45) is 0.708. The molecule has 2 aromatic carbocycles. The quantitative estimate of drug-likeness (QED) is 0.600. The lowest BCUT2D eigenvalue weighted by molar-refractivity contribution is -0.159. The molecular formula is C23H26O7. The van der Waals surface area contributed by atoms with E-state index in [-0.39, 0.29) is 12.6 Å². The topological polar surface area (TPSA) is 80.3 Å². The molecule has 0 unspecified atom stereocenters. The summed E-state index contributed by atoms with van der Waals surface area (Å²) in [5, 5.41) is 0. The van der Waals surface area contributed by atoms with E-state index in [9.17, 15) is 9.59 Å². The lowest BCUT2D eigenvalue weighted by Crippen LogP contribution is -2.40. The highest BCUT2D eigenvalue weighted by Gasteiger charge is 2.35. The van der Waals surface area contributed by atoms with Gasteiger partial charge in [0.2, 0.25) is 5.75 Å². The summed E-state index contributed by atoms with van der Waals surface area (Å²) in [5.74, 6) is 0.265. The third-order valence-corrected chi connectivity index (χ3v) is 4.82. The van der Waals surface area contributed by atoms with Crippen LogP contribution in [0.3, 0.4) is 0 Å². The summed E-state index contributed by atoms with van der Waals surface area (Å²) in [4.78, 5) is 24.6. The van der Waals surface area contributed by atoms with Crippen molar-refractivity contribution in [2.24, 2.45) is 0 Å². The van der Waals surface area contributed by atoms with Crippen molar-refractivity contribution in [2.45, 2.75) is 39.4 Å². The predicted molar refractivity (Wildman–Crippen MR) is 110 cm³/mol. The Hall–Kier alpha value is -3.22. The standard InChI is InChI=1S/C23H26O7/c1-6-12-28-22(25)23(2,3)30-19-15(10-11-18(26-4)20(19)27-5)14-8-7-9-16-17(14)13-29-21(16)24/h7-11H,6,12-13H2,1-5H3. The van der Waals surface area contributed by atoms with Crippen LogP contribution in [0.4, 0.5) is 0 Å². The van der Waals surface area contributed by atoms with Gasteiger partial charge in [0, 0.05) is 11.1 Å². The summed E-state index contributed by atoms with van der Waals surface area (Å²) < 4.78 is 27.7. The Kier molecular flexibility index (Phi) is 6.20. The van der Waals surface area contributed by atoms with E-state index in [0.29, 0.717) is 41.4 Å². The van der Waals surface area contributed by atoms with Crippen LogP contribution >= 0.6 is 0 Å². The number of hydrogen-bond donors (Lipinski definition) is 0. The molecule has 30 heavy (non-hydrogen) atoms. The van der Waals surface area contributed by atoms with Crippen molar-refractivity contribution in [1.29, 1.82) is 0 Å². The monoisotopic (exact) mass is 414 g/mol. The summed E-state index contributed by atoms with van der Waals surface area (Å²) in [6.45, 7) is 5.66. The van der Waals surface area contributed by atoms with E-state index in [1.807, 2.05) is 19.1 Å². The van der Waals surface area contributed by atoms with Crippen molar-refractivity contribution in [2.75, 3.05) is 20.8 Å². The van der Waals surface area contributed by atoms with Crippen molar-refractivity contribution < 1.29 is 33.3 Å². The van der Waals surface area contributed by atoms with Crippen LogP contribution < -0.4 is 14.2 Å². The molecule has 7 nitrogen and oxygen atoms in total. The number of benzene rings is 2. The van der Waals surface area contributed by atoms with Crippen LogP contribution in [-0.2, 0) is 20.9 Å². The molecule has 0 aromatic heterocycles. The Balaban J connectivity index is 2.14. The first-order chi connectivity index (χ1) is 14.3. The Morgan fingerprint density at radius 1 is 1.03 bits per heavy atom. The molecule has 1 aliphatic heterocycles. The van der Waals surface area contributed by atoms with Crippen LogP contribution in [0.25, 0.3) is 11.1 Å². The van der Waals surface area contributed by atoms with E-state index in [1.54, 1.807) is 32.0 Å². The van der Waals surface area contributed by atoms with Crippen LogP contribution in [-0.4, -0.2) is 38.4 Å². The van der Waals surface area contributed by atoms with Crippen molar-refractivity contribution in [3.05, 3.63) is 41.5 Å². The maximum atomic E-state index is 12.6. The first-order valence-corrected chi connectivity index (χ1v) is 9.74. The van der Waals surface area contributed by atoms with E-state index < -0.39 is 11.6 Å². The van der Waals surface area contributed by atoms with E-state index >= 15 is 0 Å². The van der Waals surface area contributed by atoms with E-state index in [0.717, 1.165) is 11.1 Å². The second-order valence-corrected chi connectivity index (χ2v) is 7.33. The summed E-state index contributed by atoms with van der Waals surface area (Å²) in [7, 11) is 3.02. The van der Waals surface area contributed by atoms with Gasteiger partial charge in [-0.1, -0.05) is 19.1 Å².